The maximum atomic E-state index is 14.2. The van der Waals surface area contributed by atoms with E-state index in [0.717, 1.165) is 22.2 Å². The van der Waals surface area contributed by atoms with Crippen molar-refractivity contribution in [3.63, 3.8) is 0 Å². The fourth-order valence-electron chi connectivity index (χ4n) is 5.43. The van der Waals surface area contributed by atoms with E-state index in [9.17, 15) is 19.6 Å². The second kappa shape index (κ2) is 13.2. The summed E-state index contributed by atoms with van der Waals surface area (Å²) in [5.74, 6) is -0.499. The zero-order chi connectivity index (χ0) is 32.2. The molecule has 0 spiro atoms. The third-order valence-corrected chi connectivity index (χ3v) is 8.44. The van der Waals surface area contributed by atoms with E-state index in [0.29, 0.717) is 38.7 Å². The number of aromatic nitrogens is 2. The van der Waals surface area contributed by atoms with Crippen LogP contribution in [0.4, 0.5) is 0 Å². The molecular weight excluding hydrogens is 596 g/mol. The Morgan fingerprint density at radius 3 is 2.58 bits per heavy atom. The Hall–Kier alpha value is -5.15. The van der Waals surface area contributed by atoms with E-state index in [1.807, 2.05) is 48.8 Å². The molecule has 0 unspecified atom stereocenters. The second-order valence-corrected chi connectivity index (χ2v) is 11.1. The molecule has 0 saturated carbocycles. The molecule has 0 amide bonds. The number of rotatable bonds is 10. The molecule has 0 saturated heterocycles. The highest BCUT2D eigenvalue weighted by atomic mass is 32.1. The highest BCUT2D eigenvalue weighted by Gasteiger charge is 2.34. The Kier molecular flexibility index (Phi) is 9.20. The minimum absolute atomic E-state index is 0.142. The van der Waals surface area contributed by atoms with Crippen LogP contribution in [0.1, 0.15) is 43.6 Å². The van der Waals surface area contributed by atoms with Gasteiger partial charge in [-0.1, -0.05) is 35.6 Å². The van der Waals surface area contributed by atoms with Gasteiger partial charge in [0.05, 0.1) is 48.2 Å². The summed E-state index contributed by atoms with van der Waals surface area (Å²) in [4.78, 5) is 44.4. The van der Waals surface area contributed by atoms with Crippen LogP contribution in [0, 0.1) is 18.3 Å². The van der Waals surface area contributed by atoms with Gasteiger partial charge in [-0.15, -0.1) is 0 Å². The van der Waals surface area contributed by atoms with Crippen molar-refractivity contribution in [2.45, 2.75) is 40.3 Å². The molecule has 2 aromatic heterocycles. The summed E-state index contributed by atoms with van der Waals surface area (Å²) in [6.07, 6.45) is 1.82. The van der Waals surface area contributed by atoms with E-state index in [-0.39, 0.29) is 30.9 Å². The van der Waals surface area contributed by atoms with Crippen molar-refractivity contribution in [1.82, 2.24) is 9.13 Å². The van der Waals surface area contributed by atoms with Gasteiger partial charge >= 0.3 is 11.9 Å². The number of nitriles is 1. The first-order chi connectivity index (χ1) is 21.7. The molecule has 3 heterocycles. The Morgan fingerprint density at radius 1 is 1.09 bits per heavy atom. The molecule has 1 aliphatic rings. The van der Waals surface area contributed by atoms with Crippen molar-refractivity contribution >= 4 is 40.3 Å². The van der Waals surface area contributed by atoms with Crippen LogP contribution in [0.3, 0.4) is 0 Å². The summed E-state index contributed by atoms with van der Waals surface area (Å²) in [5.41, 5.74) is 3.46. The molecule has 1 aliphatic heterocycles. The van der Waals surface area contributed by atoms with E-state index < -0.39 is 18.0 Å². The minimum Gasteiger partial charge on any atom is -0.490 e. The highest BCUT2D eigenvalue weighted by molar-refractivity contribution is 7.07. The largest absolute Gasteiger partial charge is 0.490 e. The molecule has 232 valence electrons. The second-order valence-electron chi connectivity index (χ2n) is 10.1. The van der Waals surface area contributed by atoms with Crippen LogP contribution in [0.2, 0.25) is 0 Å². The number of para-hydroxylation sites is 1. The zero-order valence-electron chi connectivity index (χ0n) is 25.6. The third-order valence-electron chi connectivity index (χ3n) is 7.46. The highest BCUT2D eigenvalue weighted by Crippen LogP contribution is 2.36. The van der Waals surface area contributed by atoms with Gasteiger partial charge in [0, 0.05) is 22.2 Å². The first-order valence-electron chi connectivity index (χ1n) is 14.3. The number of carbonyl (C=O) groups excluding carboxylic acids is 2. The smallest absolute Gasteiger partial charge is 0.343 e. The van der Waals surface area contributed by atoms with Gasteiger partial charge in [0.25, 0.3) is 5.56 Å². The Bertz CT molecular complexity index is 2060. The van der Waals surface area contributed by atoms with Gasteiger partial charge in [0.15, 0.2) is 22.9 Å². The number of nitrogens with zero attached hydrogens (tertiary/aromatic N) is 4. The monoisotopic (exact) mass is 628 g/mol. The van der Waals surface area contributed by atoms with Gasteiger partial charge < -0.3 is 23.5 Å². The number of ether oxygens (including phenoxy) is 4. The van der Waals surface area contributed by atoms with E-state index in [2.05, 4.69) is 15.8 Å². The average Bonchev–Trinajstić information content (AvgIpc) is 3.48. The van der Waals surface area contributed by atoms with Crippen molar-refractivity contribution in [2.24, 2.45) is 4.99 Å². The molecule has 0 fully saturated rings. The number of benzene rings is 2. The molecule has 0 N–H and O–H groups in total. The first kappa shape index (κ1) is 31.3. The van der Waals surface area contributed by atoms with Crippen LogP contribution in [-0.4, -0.2) is 48.0 Å². The molecule has 0 aliphatic carbocycles. The lowest BCUT2D eigenvalue weighted by Crippen LogP contribution is -2.40. The van der Waals surface area contributed by atoms with Crippen molar-refractivity contribution in [1.29, 1.82) is 5.26 Å². The summed E-state index contributed by atoms with van der Waals surface area (Å²) in [6, 6.07) is 14.1. The summed E-state index contributed by atoms with van der Waals surface area (Å²) in [6.45, 7) is 7.46. The summed E-state index contributed by atoms with van der Waals surface area (Å²) < 4.78 is 25.4. The number of hydrogen-bond acceptors (Lipinski definition) is 10. The number of thiazole rings is 1. The molecule has 2 aromatic carbocycles. The van der Waals surface area contributed by atoms with Gasteiger partial charge in [-0.2, -0.15) is 5.26 Å². The summed E-state index contributed by atoms with van der Waals surface area (Å²) in [7, 11) is 1.27. The molecule has 1 atom stereocenters. The molecule has 4 aromatic rings. The first-order valence-corrected chi connectivity index (χ1v) is 15.2. The van der Waals surface area contributed by atoms with Crippen molar-refractivity contribution in [3.05, 3.63) is 90.2 Å². The normalized spacial score (nSPS) is 14.5. The zero-order valence-corrected chi connectivity index (χ0v) is 26.4. The van der Waals surface area contributed by atoms with Crippen molar-refractivity contribution < 1.29 is 28.5 Å². The lowest BCUT2D eigenvalue weighted by atomic mass is 9.95. The van der Waals surface area contributed by atoms with E-state index >= 15 is 0 Å². The predicted molar refractivity (Wildman–Crippen MR) is 168 cm³/mol. The molecule has 0 radical (unpaired) electrons. The predicted octanol–water partition coefficient (Wildman–Crippen LogP) is 3.54. The van der Waals surface area contributed by atoms with Crippen LogP contribution in [-0.2, 0) is 25.6 Å². The molecule has 0 bridgehead atoms. The quantitative estimate of drug-likeness (QED) is 0.244. The average molecular weight is 629 g/mol. The van der Waals surface area contributed by atoms with Crippen LogP contribution >= 0.6 is 11.3 Å². The number of hydrogen-bond donors (Lipinski definition) is 0. The van der Waals surface area contributed by atoms with Gasteiger partial charge in [0.2, 0.25) is 0 Å². The van der Waals surface area contributed by atoms with Gasteiger partial charge in [-0.25, -0.2) is 14.6 Å². The van der Waals surface area contributed by atoms with Gasteiger partial charge in [-0.05, 0) is 57.5 Å². The fourth-order valence-corrected chi connectivity index (χ4v) is 6.46. The Balaban J connectivity index is 1.72. The minimum atomic E-state index is -0.877. The standard InChI is InChI=1S/C33H32N4O7S/c1-6-42-26-16-21(12-13-25(26)44-18-28(38)41-5)30-29(32(40)43-7-2)19(3)35-33-37(30)31(39)27(45-33)17-23-20(4)36(15-14-34)24-11-9-8-10-22(23)24/h8-13,16-17,30H,6-7,15,18H2,1-5H3/b27-17+/t30-/m0/s1. The molecule has 12 heteroatoms. The van der Waals surface area contributed by atoms with Gasteiger partial charge in [0.1, 0.15) is 6.54 Å². The number of fused-ring (bicyclic) bond motifs is 2. The molecule has 45 heavy (non-hydrogen) atoms. The number of methoxy groups -OCH3 is 1. The van der Waals surface area contributed by atoms with Crippen molar-refractivity contribution in [2.75, 3.05) is 26.9 Å². The third kappa shape index (κ3) is 5.86. The number of esters is 2. The van der Waals surface area contributed by atoms with E-state index in [4.69, 9.17) is 14.2 Å². The summed E-state index contributed by atoms with van der Waals surface area (Å²) >= 11 is 1.22. The molecule has 5 rings (SSSR count). The lowest BCUT2D eigenvalue weighted by molar-refractivity contribution is -0.143. The number of carbonyl (C=O) groups is 2. The maximum Gasteiger partial charge on any atom is 0.343 e. The molecule has 11 nitrogen and oxygen atoms in total. The van der Waals surface area contributed by atoms with Crippen molar-refractivity contribution in [3.8, 4) is 17.6 Å². The lowest BCUT2D eigenvalue weighted by Gasteiger charge is -2.25. The Morgan fingerprint density at radius 2 is 1.87 bits per heavy atom. The van der Waals surface area contributed by atoms with Crippen LogP contribution in [0.15, 0.2) is 63.5 Å². The fraction of sp³-hybridized carbons (Fsp3) is 0.303. The topological polar surface area (TPSA) is 134 Å². The van der Waals surface area contributed by atoms with E-state index in [1.165, 1.54) is 23.0 Å². The van der Waals surface area contributed by atoms with Gasteiger partial charge in [-0.3, -0.25) is 9.36 Å². The molecular formula is C33H32N4O7S. The van der Waals surface area contributed by atoms with E-state index in [1.54, 1.807) is 32.0 Å². The number of allylic oxidation sites excluding steroid dienone is 1. The SMILES string of the molecule is CCOC(=O)C1=C(C)N=c2s/c(=C/c3c(C)n(CC#N)c4ccccc34)c(=O)n2[C@H]1c1ccc(OCC(=O)OC)c(OCC)c1. The Labute approximate surface area is 262 Å². The van der Waals surface area contributed by atoms with Crippen LogP contribution in [0.25, 0.3) is 17.0 Å². The van der Waals surface area contributed by atoms with Crippen LogP contribution in [0.5, 0.6) is 11.5 Å². The summed E-state index contributed by atoms with van der Waals surface area (Å²) in [5, 5.41) is 10.4. The van der Waals surface area contributed by atoms with Crippen LogP contribution < -0.4 is 24.4 Å². The maximum absolute atomic E-state index is 14.2.